The van der Waals surface area contributed by atoms with Crippen molar-refractivity contribution in [3.63, 3.8) is 0 Å². The summed E-state index contributed by atoms with van der Waals surface area (Å²) in [6, 6.07) is 13.2. The highest BCUT2D eigenvalue weighted by molar-refractivity contribution is 5.91. The molecule has 0 radical (unpaired) electrons. The van der Waals surface area contributed by atoms with Crippen molar-refractivity contribution >= 4 is 35.1 Å². The van der Waals surface area contributed by atoms with Gasteiger partial charge in [-0.3, -0.25) is 4.90 Å². The number of aromatic nitrogens is 1. The Morgan fingerprint density at radius 2 is 1.73 bits per heavy atom. The molecule has 3 rings (SSSR count). The van der Waals surface area contributed by atoms with Crippen LogP contribution in [-0.2, 0) is 6.54 Å². The molecule has 0 aliphatic heterocycles. The number of aromatic hydroxyl groups is 1. The van der Waals surface area contributed by atoms with Crippen LogP contribution in [0.2, 0.25) is 0 Å². The van der Waals surface area contributed by atoms with Crippen molar-refractivity contribution in [2.24, 2.45) is 0 Å². The van der Waals surface area contributed by atoms with Crippen LogP contribution < -0.4 is 21.7 Å². The summed E-state index contributed by atoms with van der Waals surface area (Å²) in [7, 11) is 0. The van der Waals surface area contributed by atoms with Crippen LogP contribution >= 0.6 is 0 Å². The van der Waals surface area contributed by atoms with Crippen LogP contribution in [0, 0.1) is 5.82 Å². The fourth-order valence-corrected chi connectivity index (χ4v) is 2.73. The fourth-order valence-electron chi connectivity index (χ4n) is 2.73. The van der Waals surface area contributed by atoms with E-state index in [2.05, 4.69) is 10.3 Å². The minimum Gasteiger partial charge on any atom is -0.507 e. The van der Waals surface area contributed by atoms with Gasteiger partial charge in [0.05, 0.1) is 5.69 Å². The van der Waals surface area contributed by atoms with Crippen LogP contribution in [0.5, 0.6) is 5.75 Å². The van der Waals surface area contributed by atoms with Crippen molar-refractivity contribution in [3.8, 4) is 5.75 Å². The molecule has 1 heterocycles. The van der Waals surface area contributed by atoms with Crippen LogP contribution in [0.25, 0.3) is 0 Å². The number of nitrogen functional groups attached to an aromatic ring is 2. The van der Waals surface area contributed by atoms with Gasteiger partial charge in [0.15, 0.2) is 0 Å². The summed E-state index contributed by atoms with van der Waals surface area (Å²) in [6.45, 7) is 2.46. The molecule has 0 fully saturated rings. The number of carboxylic acid groups (broad SMARTS) is 2. The first-order valence-electron chi connectivity index (χ1n) is 9.69. The average molecular weight is 457 g/mol. The molecule has 174 valence electrons. The standard InChI is InChI=1S/C15H17FN4O2.C7H7NO3/c1-2-20(15(21)22)12-7-8-13(19-14(12)17)18-9-10-3-5-11(16)6-4-10;8-4-1-2-5(7(10)11)6(9)3-4/h3-8H,2,9H2,1H3,(H,21,22)(H3,17,18,19);1-3,9H,8H2,(H,10,11). The van der Waals surface area contributed by atoms with Gasteiger partial charge in [0.1, 0.15) is 28.8 Å². The number of nitrogens with zero attached hydrogens (tertiary/aromatic N) is 2. The van der Waals surface area contributed by atoms with Crippen molar-refractivity contribution in [1.29, 1.82) is 0 Å². The zero-order valence-electron chi connectivity index (χ0n) is 17.7. The number of benzene rings is 2. The minimum absolute atomic E-state index is 0.133. The molecule has 0 atom stereocenters. The number of halogens is 1. The van der Waals surface area contributed by atoms with Gasteiger partial charge in [-0.2, -0.15) is 0 Å². The van der Waals surface area contributed by atoms with E-state index in [1.165, 1.54) is 30.3 Å². The van der Waals surface area contributed by atoms with Gasteiger partial charge < -0.3 is 32.1 Å². The zero-order chi connectivity index (χ0) is 24.5. The molecule has 2 aromatic carbocycles. The van der Waals surface area contributed by atoms with E-state index < -0.39 is 12.1 Å². The molecule has 11 heteroatoms. The Balaban J connectivity index is 0.000000294. The number of rotatable bonds is 6. The molecular formula is C22H24FN5O5. The van der Waals surface area contributed by atoms with E-state index in [0.29, 0.717) is 23.7 Å². The molecule has 0 bridgehead atoms. The summed E-state index contributed by atoms with van der Waals surface area (Å²) in [6.07, 6.45) is -1.08. The predicted molar refractivity (Wildman–Crippen MR) is 123 cm³/mol. The highest BCUT2D eigenvalue weighted by Gasteiger charge is 2.16. The third-order valence-electron chi connectivity index (χ3n) is 4.38. The van der Waals surface area contributed by atoms with E-state index in [9.17, 15) is 14.0 Å². The molecule has 1 amide bonds. The molecule has 0 unspecified atom stereocenters. The van der Waals surface area contributed by atoms with Crippen LogP contribution in [0.3, 0.4) is 0 Å². The highest BCUT2D eigenvalue weighted by Crippen LogP contribution is 2.23. The number of aromatic carboxylic acids is 1. The third kappa shape index (κ3) is 6.99. The number of phenols is 1. The molecule has 33 heavy (non-hydrogen) atoms. The second-order valence-electron chi connectivity index (χ2n) is 6.69. The van der Waals surface area contributed by atoms with Gasteiger partial charge in [0.25, 0.3) is 0 Å². The van der Waals surface area contributed by atoms with Crippen molar-refractivity contribution in [2.75, 3.05) is 28.2 Å². The van der Waals surface area contributed by atoms with E-state index in [4.69, 9.17) is 26.8 Å². The maximum absolute atomic E-state index is 12.8. The van der Waals surface area contributed by atoms with Crippen LogP contribution in [0.4, 0.5) is 32.2 Å². The number of hydrogen-bond acceptors (Lipinski definition) is 7. The Kier molecular flexibility index (Phi) is 8.38. The maximum atomic E-state index is 12.8. The quantitative estimate of drug-likeness (QED) is 0.302. The van der Waals surface area contributed by atoms with E-state index >= 15 is 0 Å². The number of pyridine rings is 1. The van der Waals surface area contributed by atoms with Crippen molar-refractivity contribution in [1.82, 2.24) is 4.98 Å². The Morgan fingerprint density at radius 1 is 1.06 bits per heavy atom. The van der Waals surface area contributed by atoms with E-state index in [0.717, 1.165) is 10.5 Å². The van der Waals surface area contributed by atoms with Crippen LogP contribution in [0.1, 0.15) is 22.8 Å². The normalized spacial score (nSPS) is 10.0. The number of hydrogen-bond donors (Lipinski definition) is 6. The number of amides is 1. The van der Waals surface area contributed by atoms with Crippen LogP contribution in [-0.4, -0.2) is 38.9 Å². The van der Waals surface area contributed by atoms with Gasteiger partial charge in [-0.1, -0.05) is 12.1 Å². The SMILES string of the molecule is CCN(C(=O)O)c1ccc(NCc2ccc(F)cc2)nc1N.Nc1ccc(C(=O)O)c(O)c1. The number of nitrogens with one attached hydrogen (secondary N) is 1. The summed E-state index contributed by atoms with van der Waals surface area (Å²) in [5, 5.41) is 29.6. The van der Waals surface area contributed by atoms with Gasteiger partial charge in [0.2, 0.25) is 0 Å². The molecule has 10 nitrogen and oxygen atoms in total. The monoisotopic (exact) mass is 457 g/mol. The second-order valence-corrected chi connectivity index (χ2v) is 6.69. The molecule has 0 aliphatic carbocycles. The van der Waals surface area contributed by atoms with Gasteiger partial charge in [-0.15, -0.1) is 0 Å². The smallest absolute Gasteiger partial charge is 0.411 e. The largest absolute Gasteiger partial charge is 0.507 e. The molecule has 0 saturated heterocycles. The summed E-state index contributed by atoms with van der Waals surface area (Å²) >= 11 is 0. The summed E-state index contributed by atoms with van der Waals surface area (Å²) in [5.74, 6) is -1.11. The van der Waals surface area contributed by atoms with E-state index in [-0.39, 0.29) is 29.5 Å². The van der Waals surface area contributed by atoms with Crippen molar-refractivity contribution < 1.29 is 29.3 Å². The third-order valence-corrected chi connectivity index (χ3v) is 4.38. The van der Waals surface area contributed by atoms with Gasteiger partial charge in [-0.25, -0.2) is 19.0 Å². The minimum atomic E-state index is -1.16. The second kappa shape index (κ2) is 11.2. The molecule has 0 saturated carbocycles. The maximum Gasteiger partial charge on any atom is 0.411 e. The summed E-state index contributed by atoms with van der Waals surface area (Å²) in [4.78, 5) is 26.7. The zero-order valence-corrected chi connectivity index (χ0v) is 17.7. The summed E-state index contributed by atoms with van der Waals surface area (Å²) in [5.41, 5.74) is 12.5. The first kappa shape index (κ1) is 24.7. The Hall–Kier alpha value is -4.54. The average Bonchev–Trinajstić information content (AvgIpc) is 2.75. The lowest BCUT2D eigenvalue weighted by Crippen LogP contribution is -2.29. The fraction of sp³-hybridized carbons (Fsp3) is 0.136. The lowest BCUT2D eigenvalue weighted by atomic mass is 10.2. The van der Waals surface area contributed by atoms with E-state index in [1.807, 2.05) is 0 Å². The lowest BCUT2D eigenvalue weighted by molar-refractivity contribution is 0.0693. The van der Waals surface area contributed by atoms with Crippen molar-refractivity contribution in [2.45, 2.75) is 13.5 Å². The first-order chi connectivity index (χ1) is 15.6. The Bertz CT molecular complexity index is 1120. The number of anilines is 4. The van der Waals surface area contributed by atoms with E-state index in [1.54, 1.807) is 31.2 Å². The van der Waals surface area contributed by atoms with Gasteiger partial charge in [-0.05, 0) is 48.9 Å². The number of carboxylic acids is 1. The van der Waals surface area contributed by atoms with Gasteiger partial charge >= 0.3 is 12.1 Å². The lowest BCUT2D eigenvalue weighted by Gasteiger charge is -2.19. The topological polar surface area (TPSA) is 175 Å². The number of nitrogens with two attached hydrogens (primary N) is 2. The highest BCUT2D eigenvalue weighted by atomic mass is 19.1. The predicted octanol–water partition coefficient (Wildman–Crippen LogP) is 3.59. The first-order valence-corrected chi connectivity index (χ1v) is 9.69. The molecule has 0 aliphatic rings. The summed E-state index contributed by atoms with van der Waals surface area (Å²) < 4.78 is 12.8. The molecule has 3 aromatic rings. The van der Waals surface area contributed by atoms with Crippen molar-refractivity contribution in [3.05, 3.63) is 71.5 Å². The molecule has 0 spiro atoms. The van der Waals surface area contributed by atoms with Gasteiger partial charge in [0, 0.05) is 24.8 Å². The Labute approximate surface area is 188 Å². The number of carbonyl (C=O) groups is 2. The van der Waals surface area contributed by atoms with Crippen LogP contribution in [0.15, 0.2) is 54.6 Å². The molecular weight excluding hydrogens is 433 g/mol. The molecule has 8 N–H and O–H groups in total. The Morgan fingerprint density at radius 3 is 2.24 bits per heavy atom. The molecule has 1 aromatic heterocycles.